The lowest BCUT2D eigenvalue weighted by Crippen LogP contribution is -2.10. The van der Waals surface area contributed by atoms with Gasteiger partial charge in [-0.05, 0) is 24.3 Å². The average molecular weight is 274 g/mol. The predicted molar refractivity (Wildman–Crippen MR) is 77.5 cm³/mol. The molecule has 0 aliphatic heterocycles. The number of aromatic nitrogens is 1. The molecular formula is C14H14N2O2S. The monoisotopic (exact) mass is 274 g/mol. The van der Waals surface area contributed by atoms with Gasteiger partial charge in [0.25, 0.3) is 0 Å². The van der Waals surface area contributed by atoms with Crippen LogP contribution in [0.5, 0.6) is 11.5 Å². The smallest absolute Gasteiger partial charge is 0.130 e. The molecule has 0 radical (unpaired) electrons. The van der Waals surface area contributed by atoms with Crippen molar-refractivity contribution in [2.75, 3.05) is 7.11 Å². The molecule has 1 aromatic heterocycles. The summed E-state index contributed by atoms with van der Waals surface area (Å²) in [6.45, 7) is 0.380. The van der Waals surface area contributed by atoms with E-state index < -0.39 is 0 Å². The molecule has 0 fully saturated rings. The van der Waals surface area contributed by atoms with E-state index in [4.69, 9.17) is 27.4 Å². The minimum absolute atomic E-state index is 0.307. The summed E-state index contributed by atoms with van der Waals surface area (Å²) >= 11 is 4.96. The summed E-state index contributed by atoms with van der Waals surface area (Å²) in [6, 6.07) is 11.0. The Kier molecular flexibility index (Phi) is 4.30. The van der Waals surface area contributed by atoms with Crippen LogP contribution in [-0.4, -0.2) is 17.1 Å². The van der Waals surface area contributed by atoms with E-state index in [0.29, 0.717) is 28.7 Å². The average Bonchev–Trinajstić information content (AvgIpc) is 2.45. The zero-order chi connectivity index (χ0) is 13.7. The highest BCUT2D eigenvalue weighted by Gasteiger charge is 2.05. The van der Waals surface area contributed by atoms with E-state index in [1.165, 1.54) is 0 Å². The van der Waals surface area contributed by atoms with Gasteiger partial charge < -0.3 is 15.2 Å². The van der Waals surface area contributed by atoms with Crippen molar-refractivity contribution >= 4 is 17.2 Å². The number of nitrogens with zero attached hydrogens (tertiary/aromatic N) is 1. The third-order valence-corrected chi connectivity index (χ3v) is 2.75. The molecule has 0 saturated carbocycles. The molecule has 0 amide bonds. The summed E-state index contributed by atoms with van der Waals surface area (Å²) in [7, 11) is 1.58. The van der Waals surface area contributed by atoms with Crippen LogP contribution in [0.1, 0.15) is 11.3 Å². The fourth-order valence-electron chi connectivity index (χ4n) is 1.56. The summed E-state index contributed by atoms with van der Waals surface area (Å²) in [5, 5.41) is 0. The van der Waals surface area contributed by atoms with Gasteiger partial charge >= 0.3 is 0 Å². The van der Waals surface area contributed by atoms with Crippen LogP contribution in [0.3, 0.4) is 0 Å². The van der Waals surface area contributed by atoms with Crippen LogP contribution in [0.4, 0.5) is 0 Å². The largest absolute Gasteiger partial charge is 0.497 e. The molecular weight excluding hydrogens is 260 g/mol. The van der Waals surface area contributed by atoms with Crippen molar-refractivity contribution in [2.24, 2.45) is 5.73 Å². The van der Waals surface area contributed by atoms with Gasteiger partial charge in [-0.25, -0.2) is 0 Å². The maximum Gasteiger partial charge on any atom is 0.130 e. The predicted octanol–water partition coefficient (Wildman–Crippen LogP) is 2.30. The zero-order valence-electron chi connectivity index (χ0n) is 10.5. The highest BCUT2D eigenvalue weighted by atomic mass is 32.1. The number of ether oxygens (including phenoxy) is 2. The van der Waals surface area contributed by atoms with Crippen molar-refractivity contribution in [1.29, 1.82) is 0 Å². The van der Waals surface area contributed by atoms with Gasteiger partial charge in [0.2, 0.25) is 0 Å². The Bertz CT molecular complexity index is 573. The summed E-state index contributed by atoms with van der Waals surface area (Å²) in [5.41, 5.74) is 7.18. The van der Waals surface area contributed by atoms with Crippen molar-refractivity contribution in [2.45, 2.75) is 6.61 Å². The van der Waals surface area contributed by atoms with E-state index in [1.54, 1.807) is 31.5 Å². The van der Waals surface area contributed by atoms with E-state index in [0.717, 1.165) is 5.69 Å². The van der Waals surface area contributed by atoms with Gasteiger partial charge in [-0.2, -0.15) is 0 Å². The Hall–Kier alpha value is -2.14. The van der Waals surface area contributed by atoms with Gasteiger partial charge in [0.05, 0.1) is 12.8 Å². The minimum Gasteiger partial charge on any atom is -0.497 e. The van der Waals surface area contributed by atoms with Crippen LogP contribution in [-0.2, 0) is 6.61 Å². The highest BCUT2D eigenvalue weighted by Crippen LogP contribution is 2.23. The van der Waals surface area contributed by atoms with Crippen molar-refractivity contribution in [3.05, 3.63) is 53.9 Å². The van der Waals surface area contributed by atoms with Crippen LogP contribution >= 0.6 is 12.2 Å². The molecule has 1 aromatic carbocycles. The molecule has 1 heterocycles. The molecule has 5 heteroatoms. The number of benzene rings is 1. The van der Waals surface area contributed by atoms with Crippen LogP contribution in [0, 0.1) is 0 Å². The molecule has 2 rings (SSSR count). The lowest BCUT2D eigenvalue weighted by molar-refractivity contribution is 0.299. The normalized spacial score (nSPS) is 9.95. The Balaban J connectivity index is 2.15. The molecule has 0 spiro atoms. The maximum absolute atomic E-state index is 5.67. The first-order valence-electron chi connectivity index (χ1n) is 5.70. The summed E-state index contributed by atoms with van der Waals surface area (Å²) < 4.78 is 10.9. The van der Waals surface area contributed by atoms with Gasteiger partial charge in [-0.15, -0.1) is 0 Å². The van der Waals surface area contributed by atoms with Crippen molar-refractivity contribution in [3.8, 4) is 11.5 Å². The Morgan fingerprint density at radius 3 is 2.68 bits per heavy atom. The van der Waals surface area contributed by atoms with Gasteiger partial charge in [-0.3, -0.25) is 4.98 Å². The maximum atomic E-state index is 5.67. The second-order valence-electron chi connectivity index (χ2n) is 3.87. The number of rotatable bonds is 5. The second-order valence-corrected chi connectivity index (χ2v) is 4.31. The molecule has 98 valence electrons. The van der Waals surface area contributed by atoms with Crippen molar-refractivity contribution in [3.63, 3.8) is 0 Å². The lowest BCUT2D eigenvalue weighted by Gasteiger charge is -2.10. The first-order chi connectivity index (χ1) is 9.19. The summed E-state index contributed by atoms with van der Waals surface area (Å²) in [5.74, 6) is 1.30. The Morgan fingerprint density at radius 2 is 2.05 bits per heavy atom. The number of methoxy groups -OCH3 is 1. The highest BCUT2D eigenvalue weighted by molar-refractivity contribution is 7.80. The van der Waals surface area contributed by atoms with E-state index in [9.17, 15) is 0 Å². The molecule has 2 aromatic rings. The van der Waals surface area contributed by atoms with Crippen LogP contribution in [0.2, 0.25) is 0 Å². The third kappa shape index (κ3) is 3.66. The lowest BCUT2D eigenvalue weighted by atomic mass is 10.2. The van der Waals surface area contributed by atoms with Gasteiger partial charge in [0.15, 0.2) is 0 Å². The molecule has 4 nitrogen and oxygen atoms in total. The fraction of sp³-hybridized carbons (Fsp3) is 0.143. The molecule has 0 bridgehead atoms. The second kappa shape index (κ2) is 6.15. The Labute approximate surface area is 117 Å². The topological polar surface area (TPSA) is 57.4 Å². The van der Waals surface area contributed by atoms with Crippen LogP contribution in [0.25, 0.3) is 0 Å². The van der Waals surface area contributed by atoms with E-state index in [-0.39, 0.29) is 0 Å². The van der Waals surface area contributed by atoms with Gasteiger partial charge in [0, 0.05) is 17.8 Å². The van der Waals surface area contributed by atoms with Crippen LogP contribution in [0.15, 0.2) is 42.6 Å². The van der Waals surface area contributed by atoms with Gasteiger partial charge in [-0.1, -0.05) is 18.3 Å². The quantitative estimate of drug-likeness (QED) is 0.848. The molecule has 2 N–H and O–H groups in total. The zero-order valence-corrected chi connectivity index (χ0v) is 11.3. The standard InChI is InChI=1S/C14H14N2O2S/c1-17-12-6-10(14(15)19)7-13(8-12)18-9-11-4-2-3-5-16-11/h2-8H,9H2,1H3,(H2,15,19). The summed E-state index contributed by atoms with van der Waals surface area (Å²) in [4.78, 5) is 4.49. The number of hydrogen-bond donors (Lipinski definition) is 1. The summed E-state index contributed by atoms with van der Waals surface area (Å²) in [6.07, 6.45) is 1.73. The molecule has 19 heavy (non-hydrogen) atoms. The third-order valence-electron chi connectivity index (χ3n) is 2.51. The minimum atomic E-state index is 0.307. The fourth-order valence-corrected chi connectivity index (χ4v) is 1.67. The molecule has 0 aliphatic rings. The SMILES string of the molecule is COc1cc(OCc2ccccn2)cc(C(N)=S)c1. The number of nitrogens with two attached hydrogens (primary N) is 1. The molecule has 0 aliphatic carbocycles. The van der Waals surface area contributed by atoms with Crippen molar-refractivity contribution < 1.29 is 9.47 Å². The first-order valence-corrected chi connectivity index (χ1v) is 6.11. The first kappa shape index (κ1) is 13.3. The van der Waals surface area contributed by atoms with E-state index in [2.05, 4.69) is 4.98 Å². The molecule has 0 unspecified atom stereocenters. The van der Waals surface area contributed by atoms with E-state index >= 15 is 0 Å². The molecule has 0 saturated heterocycles. The number of hydrogen-bond acceptors (Lipinski definition) is 4. The van der Waals surface area contributed by atoms with E-state index in [1.807, 2.05) is 18.2 Å². The number of thiocarbonyl (C=S) groups is 1. The number of pyridine rings is 1. The van der Waals surface area contributed by atoms with Gasteiger partial charge in [0.1, 0.15) is 23.1 Å². The Morgan fingerprint density at radius 1 is 1.26 bits per heavy atom. The molecule has 0 atom stereocenters. The van der Waals surface area contributed by atoms with Crippen molar-refractivity contribution in [1.82, 2.24) is 4.98 Å². The van der Waals surface area contributed by atoms with Crippen LogP contribution < -0.4 is 15.2 Å².